The van der Waals surface area contributed by atoms with Crippen LogP contribution in [0, 0.1) is 6.92 Å². The summed E-state index contributed by atoms with van der Waals surface area (Å²) in [7, 11) is 0. The Bertz CT molecular complexity index is 776. The minimum Gasteiger partial charge on any atom is -0.450 e. The molecule has 2 heterocycles. The third kappa shape index (κ3) is 6.62. The van der Waals surface area contributed by atoms with E-state index in [1.165, 1.54) is 5.56 Å². The number of amides is 1. The minimum atomic E-state index is -0.217. The first kappa shape index (κ1) is 20.9. The van der Waals surface area contributed by atoms with Crippen molar-refractivity contribution < 1.29 is 9.53 Å². The van der Waals surface area contributed by atoms with Gasteiger partial charge in [0, 0.05) is 37.4 Å². The van der Waals surface area contributed by atoms with Crippen LogP contribution in [-0.2, 0) is 11.2 Å². The van der Waals surface area contributed by atoms with Crippen molar-refractivity contribution in [2.24, 2.45) is 0 Å². The zero-order chi connectivity index (χ0) is 20.5. The molecule has 1 amide bonds. The van der Waals surface area contributed by atoms with Crippen molar-refractivity contribution in [3.8, 4) is 0 Å². The number of aromatic nitrogens is 2. The van der Waals surface area contributed by atoms with Crippen LogP contribution in [0.15, 0.2) is 36.4 Å². The largest absolute Gasteiger partial charge is 0.450 e. The summed E-state index contributed by atoms with van der Waals surface area (Å²) in [5.74, 6) is 1.49. The van der Waals surface area contributed by atoms with Crippen LogP contribution < -0.4 is 10.6 Å². The van der Waals surface area contributed by atoms with Crippen molar-refractivity contribution in [1.82, 2.24) is 14.9 Å². The number of anilines is 2. The van der Waals surface area contributed by atoms with E-state index in [0.717, 1.165) is 43.7 Å². The Hall–Kier alpha value is -2.83. The summed E-state index contributed by atoms with van der Waals surface area (Å²) in [6.45, 7) is 6.45. The molecular weight excluding hydrogens is 366 g/mol. The van der Waals surface area contributed by atoms with Crippen molar-refractivity contribution in [3.63, 3.8) is 0 Å². The van der Waals surface area contributed by atoms with Crippen LogP contribution in [-0.4, -0.2) is 53.2 Å². The van der Waals surface area contributed by atoms with Gasteiger partial charge in [-0.05, 0) is 45.1 Å². The Balaban J connectivity index is 1.46. The van der Waals surface area contributed by atoms with Gasteiger partial charge < -0.3 is 20.3 Å². The number of rotatable bonds is 8. The van der Waals surface area contributed by atoms with E-state index in [0.29, 0.717) is 31.7 Å². The average Bonchev–Trinajstić information content (AvgIpc) is 2.72. The predicted octanol–water partition coefficient (Wildman–Crippen LogP) is 3.86. The molecule has 0 aliphatic carbocycles. The van der Waals surface area contributed by atoms with Crippen LogP contribution >= 0.6 is 0 Å². The number of nitrogens with one attached hydrogen (secondary N) is 2. The molecule has 0 unspecified atom stereocenters. The van der Waals surface area contributed by atoms with Gasteiger partial charge in [-0.15, -0.1) is 0 Å². The van der Waals surface area contributed by atoms with Crippen LogP contribution in [0.1, 0.15) is 37.4 Å². The lowest BCUT2D eigenvalue weighted by atomic mass is 10.1. The smallest absolute Gasteiger partial charge is 0.409 e. The summed E-state index contributed by atoms with van der Waals surface area (Å²) in [5.41, 5.74) is 2.27. The molecule has 1 fully saturated rings. The molecule has 0 radical (unpaired) electrons. The summed E-state index contributed by atoms with van der Waals surface area (Å²) in [5, 5.41) is 6.84. The Labute approximate surface area is 172 Å². The first-order valence-corrected chi connectivity index (χ1v) is 10.5. The van der Waals surface area contributed by atoms with E-state index >= 15 is 0 Å². The molecular formula is C22H31N5O2. The maximum atomic E-state index is 11.8. The van der Waals surface area contributed by atoms with Crippen molar-refractivity contribution in [3.05, 3.63) is 47.7 Å². The van der Waals surface area contributed by atoms with Gasteiger partial charge in [-0.2, -0.15) is 4.98 Å². The van der Waals surface area contributed by atoms with Crippen molar-refractivity contribution in [2.45, 2.75) is 45.6 Å². The first-order chi connectivity index (χ1) is 14.1. The van der Waals surface area contributed by atoms with Gasteiger partial charge >= 0.3 is 6.09 Å². The van der Waals surface area contributed by atoms with E-state index in [2.05, 4.69) is 44.9 Å². The fourth-order valence-electron chi connectivity index (χ4n) is 3.49. The molecule has 7 heteroatoms. The normalized spacial score (nSPS) is 14.5. The van der Waals surface area contributed by atoms with Gasteiger partial charge in [0.2, 0.25) is 5.95 Å². The van der Waals surface area contributed by atoms with Crippen molar-refractivity contribution >= 4 is 17.9 Å². The van der Waals surface area contributed by atoms with E-state index in [-0.39, 0.29) is 6.09 Å². The van der Waals surface area contributed by atoms with E-state index in [1.54, 1.807) is 4.90 Å². The first-order valence-electron chi connectivity index (χ1n) is 10.5. The standard InChI is InChI=1S/C22H31N5O2/c1-3-29-22(28)27-14-11-19(12-15-27)25-20-16-17(2)24-21(26-20)23-13-7-10-18-8-5-4-6-9-18/h4-6,8-9,16,19H,3,7,10-15H2,1-2H3,(H2,23,24,25,26). The number of benzene rings is 1. The number of carbonyl (C=O) groups excluding carboxylic acids is 1. The second-order valence-electron chi connectivity index (χ2n) is 7.34. The highest BCUT2D eigenvalue weighted by Crippen LogP contribution is 2.18. The van der Waals surface area contributed by atoms with Gasteiger partial charge in [0.1, 0.15) is 5.82 Å². The topological polar surface area (TPSA) is 79.4 Å². The van der Waals surface area contributed by atoms with E-state index in [9.17, 15) is 4.79 Å². The lowest BCUT2D eigenvalue weighted by Gasteiger charge is -2.31. The Morgan fingerprint density at radius 3 is 2.69 bits per heavy atom. The fourth-order valence-corrected chi connectivity index (χ4v) is 3.49. The highest BCUT2D eigenvalue weighted by atomic mass is 16.6. The molecule has 0 bridgehead atoms. The highest BCUT2D eigenvalue weighted by Gasteiger charge is 2.23. The molecule has 156 valence electrons. The van der Waals surface area contributed by atoms with Crippen molar-refractivity contribution in [2.75, 3.05) is 36.9 Å². The van der Waals surface area contributed by atoms with E-state index in [4.69, 9.17) is 4.74 Å². The summed E-state index contributed by atoms with van der Waals surface area (Å²) < 4.78 is 5.08. The lowest BCUT2D eigenvalue weighted by Crippen LogP contribution is -2.42. The number of hydrogen-bond acceptors (Lipinski definition) is 6. The molecule has 3 rings (SSSR count). The van der Waals surface area contributed by atoms with Crippen LogP contribution in [0.2, 0.25) is 0 Å². The molecule has 1 aromatic heterocycles. The monoisotopic (exact) mass is 397 g/mol. The molecule has 0 saturated carbocycles. The summed E-state index contributed by atoms with van der Waals surface area (Å²) in [4.78, 5) is 22.7. The van der Waals surface area contributed by atoms with E-state index < -0.39 is 0 Å². The second kappa shape index (κ2) is 10.6. The van der Waals surface area contributed by atoms with Crippen molar-refractivity contribution in [1.29, 1.82) is 0 Å². The second-order valence-corrected chi connectivity index (χ2v) is 7.34. The number of likely N-dealkylation sites (tertiary alicyclic amines) is 1. The Kier molecular flexibility index (Phi) is 7.67. The molecule has 29 heavy (non-hydrogen) atoms. The summed E-state index contributed by atoms with van der Waals surface area (Å²) >= 11 is 0. The van der Waals surface area contributed by atoms with Gasteiger partial charge in [0.25, 0.3) is 0 Å². The lowest BCUT2D eigenvalue weighted by molar-refractivity contribution is 0.0983. The van der Waals surface area contributed by atoms with Gasteiger partial charge in [-0.25, -0.2) is 9.78 Å². The summed E-state index contributed by atoms with van der Waals surface area (Å²) in [6, 6.07) is 12.7. The molecule has 1 aliphatic rings. The van der Waals surface area contributed by atoms with Gasteiger partial charge in [0.15, 0.2) is 0 Å². The number of aryl methyl sites for hydroxylation is 2. The predicted molar refractivity (Wildman–Crippen MR) is 115 cm³/mol. The number of nitrogens with zero attached hydrogens (tertiary/aromatic N) is 3. The third-order valence-electron chi connectivity index (χ3n) is 5.00. The van der Waals surface area contributed by atoms with Crippen LogP contribution in [0.25, 0.3) is 0 Å². The molecule has 0 spiro atoms. The zero-order valence-corrected chi connectivity index (χ0v) is 17.4. The highest BCUT2D eigenvalue weighted by molar-refractivity contribution is 5.67. The molecule has 7 nitrogen and oxygen atoms in total. The number of ether oxygens (including phenoxy) is 1. The Morgan fingerprint density at radius 1 is 1.21 bits per heavy atom. The minimum absolute atomic E-state index is 0.217. The molecule has 2 N–H and O–H groups in total. The fraction of sp³-hybridized carbons (Fsp3) is 0.500. The number of piperidine rings is 1. The third-order valence-corrected chi connectivity index (χ3v) is 5.00. The molecule has 1 aromatic carbocycles. The van der Waals surface area contributed by atoms with Crippen LogP contribution in [0.4, 0.5) is 16.6 Å². The summed E-state index contributed by atoms with van der Waals surface area (Å²) in [6.07, 6.45) is 3.59. The maximum absolute atomic E-state index is 11.8. The van der Waals surface area contributed by atoms with Gasteiger partial charge in [0.05, 0.1) is 6.61 Å². The van der Waals surface area contributed by atoms with Gasteiger partial charge in [-0.1, -0.05) is 30.3 Å². The van der Waals surface area contributed by atoms with Gasteiger partial charge in [-0.3, -0.25) is 0 Å². The quantitative estimate of drug-likeness (QED) is 0.659. The molecule has 2 aromatic rings. The SMILES string of the molecule is CCOC(=O)N1CCC(Nc2cc(C)nc(NCCCc3ccccc3)n2)CC1. The van der Waals surface area contributed by atoms with Crippen LogP contribution in [0.5, 0.6) is 0 Å². The zero-order valence-electron chi connectivity index (χ0n) is 17.4. The molecule has 1 saturated heterocycles. The molecule has 0 atom stereocenters. The maximum Gasteiger partial charge on any atom is 0.409 e. The van der Waals surface area contributed by atoms with Crippen LogP contribution in [0.3, 0.4) is 0 Å². The number of hydrogen-bond donors (Lipinski definition) is 2. The Morgan fingerprint density at radius 2 is 1.97 bits per heavy atom. The average molecular weight is 398 g/mol. The number of carbonyl (C=O) groups is 1. The van der Waals surface area contributed by atoms with E-state index in [1.807, 2.05) is 26.0 Å². The molecule has 1 aliphatic heterocycles.